The van der Waals surface area contributed by atoms with E-state index in [4.69, 9.17) is 5.11 Å². The summed E-state index contributed by atoms with van der Waals surface area (Å²) >= 11 is 0. The summed E-state index contributed by atoms with van der Waals surface area (Å²) in [6.45, 7) is 0.547. The molecule has 0 aliphatic heterocycles. The van der Waals surface area contributed by atoms with Crippen LogP contribution in [0.25, 0.3) is 0 Å². The van der Waals surface area contributed by atoms with Gasteiger partial charge in [-0.05, 0) is 19.8 Å². The number of alkyl halides is 2. The standard InChI is InChI=1S/C9H16F2O/c1-8(10,11)9(7-12)5-3-2-4-6-9/h12H,2-7H2,1H3. The van der Waals surface area contributed by atoms with Gasteiger partial charge in [0, 0.05) is 0 Å². The molecule has 0 amide bonds. The summed E-state index contributed by atoms with van der Waals surface area (Å²) in [5, 5.41) is 9.00. The zero-order chi connectivity index (χ0) is 9.24. The fourth-order valence-electron chi connectivity index (χ4n) is 1.96. The van der Waals surface area contributed by atoms with Gasteiger partial charge >= 0.3 is 0 Å². The predicted octanol–water partition coefficient (Wildman–Crippen LogP) is 2.58. The molecule has 3 heteroatoms. The van der Waals surface area contributed by atoms with Crippen molar-refractivity contribution in [1.29, 1.82) is 0 Å². The molecule has 0 aromatic heterocycles. The number of hydrogen-bond acceptors (Lipinski definition) is 1. The second-order valence-corrected chi connectivity index (χ2v) is 3.89. The maximum atomic E-state index is 13.1. The third kappa shape index (κ3) is 1.60. The van der Waals surface area contributed by atoms with E-state index in [0.717, 1.165) is 26.2 Å². The smallest absolute Gasteiger partial charge is 0.253 e. The van der Waals surface area contributed by atoms with Crippen molar-refractivity contribution in [3.63, 3.8) is 0 Å². The number of hydrogen-bond donors (Lipinski definition) is 1. The first-order chi connectivity index (χ1) is 5.52. The van der Waals surface area contributed by atoms with Crippen LogP contribution in [0.5, 0.6) is 0 Å². The molecule has 0 bridgehead atoms. The van der Waals surface area contributed by atoms with Crippen molar-refractivity contribution in [1.82, 2.24) is 0 Å². The predicted molar refractivity (Wildman–Crippen MR) is 43.2 cm³/mol. The SMILES string of the molecule is CC(F)(F)C1(CO)CCCCC1. The molecule has 1 aliphatic carbocycles. The third-order valence-electron chi connectivity index (χ3n) is 3.04. The van der Waals surface area contributed by atoms with E-state index < -0.39 is 11.3 Å². The van der Waals surface area contributed by atoms with Crippen molar-refractivity contribution in [2.45, 2.75) is 45.0 Å². The molecule has 0 aromatic carbocycles. The van der Waals surface area contributed by atoms with Crippen LogP contribution < -0.4 is 0 Å². The molecule has 1 aliphatic rings. The summed E-state index contributed by atoms with van der Waals surface area (Å²) in [5.74, 6) is -2.73. The lowest BCUT2D eigenvalue weighted by Gasteiger charge is -2.40. The van der Waals surface area contributed by atoms with Crippen LogP contribution in [0.1, 0.15) is 39.0 Å². The summed E-state index contributed by atoms with van der Waals surface area (Å²) in [5.41, 5.74) is -1.12. The Morgan fingerprint density at radius 1 is 1.25 bits per heavy atom. The monoisotopic (exact) mass is 178 g/mol. The molecule has 0 saturated heterocycles. The van der Waals surface area contributed by atoms with E-state index in [1.165, 1.54) is 0 Å². The van der Waals surface area contributed by atoms with Crippen molar-refractivity contribution >= 4 is 0 Å². The summed E-state index contributed by atoms with van der Waals surface area (Å²) < 4.78 is 26.2. The zero-order valence-electron chi connectivity index (χ0n) is 7.45. The Morgan fingerprint density at radius 2 is 1.75 bits per heavy atom. The first-order valence-electron chi connectivity index (χ1n) is 4.50. The lowest BCUT2D eigenvalue weighted by Crippen LogP contribution is -2.43. The molecule has 0 aromatic rings. The molecule has 1 rings (SSSR count). The minimum absolute atomic E-state index is 0.378. The van der Waals surface area contributed by atoms with Crippen molar-refractivity contribution in [2.24, 2.45) is 5.41 Å². The van der Waals surface area contributed by atoms with E-state index in [9.17, 15) is 8.78 Å². The molecular formula is C9H16F2O. The molecule has 12 heavy (non-hydrogen) atoms. The Kier molecular flexibility index (Phi) is 2.71. The molecule has 0 heterocycles. The molecule has 1 N–H and O–H groups in total. The number of aliphatic hydroxyl groups is 1. The minimum atomic E-state index is -2.73. The largest absolute Gasteiger partial charge is 0.396 e. The van der Waals surface area contributed by atoms with Crippen molar-refractivity contribution in [2.75, 3.05) is 6.61 Å². The molecule has 0 spiro atoms. The van der Waals surface area contributed by atoms with Gasteiger partial charge in [-0.1, -0.05) is 19.3 Å². The van der Waals surface area contributed by atoms with Gasteiger partial charge in [0.2, 0.25) is 0 Å². The van der Waals surface area contributed by atoms with Gasteiger partial charge in [0.15, 0.2) is 0 Å². The van der Waals surface area contributed by atoms with Crippen LogP contribution in [0.2, 0.25) is 0 Å². The Labute approximate surface area is 71.8 Å². The van der Waals surface area contributed by atoms with Crippen LogP contribution in [-0.4, -0.2) is 17.6 Å². The summed E-state index contributed by atoms with van der Waals surface area (Å²) in [4.78, 5) is 0. The molecule has 1 saturated carbocycles. The van der Waals surface area contributed by atoms with E-state index >= 15 is 0 Å². The maximum absolute atomic E-state index is 13.1. The minimum Gasteiger partial charge on any atom is -0.396 e. The molecule has 72 valence electrons. The number of aliphatic hydroxyl groups excluding tert-OH is 1. The Bertz CT molecular complexity index is 145. The van der Waals surface area contributed by atoms with Gasteiger partial charge in [-0.3, -0.25) is 0 Å². The normalized spacial score (nSPS) is 24.0. The summed E-state index contributed by atoms with van der Waals surface area (Å²) in [7, 11) is 0. The average molecular weight is 178 g/mol. The fourth-order valence-corrected chi connectivity index (χ4v) is 1.96. The van der Waals surface area contributed by atoms with Crippen molar-refractivity contribution < 1.29 is 13.9 Å². The van der Waals surface area contributed by atoms with Crippen LogP contribution in [-0.2, 0) is 0 Å². The highest BCUT2D eigenvalue weighted by Gasteiger charge is 2.49. The van der Waals surface area contributed by atoms with Crippen LogP contribution in [0.3, 0.4) is 0 Å². The van der Waals surface area contributed by atoms with Gasteiger partial charge in [-0.25, -0.2) is 8.78 Å². The third-order valence-corrected chi connectivity index (χ3v) is 3.04. The van der Waals surface area contributed by atoms with E-state index in [-0.39, 0.29) is 6.61 Å². The lowest BCUT2D eigenvalue weighted by atomic mass is 9.70. The number of halogens is 2. The van der Waals surface area contributed by atoms with Crippen LogP contribution in [0.4, 0.5) is 8.78 Å². The Hall–Kier alpha value is -0.180. The lowest BCUT2D eigenvalue weighted by molar-refractivity contribution is -0.145. The van der Waals surface area contributed by atoms with Gasteiger partial charge < -0.3 is 5.11 Å². The first-order valence-corrected chi connectivity index (χ1v) is 4.50. The van der Waals surface area contributed by atoms with Crippen molar-refractivity contribution in [3.8, 4) is 0 Å². The quantitative estimate of drug-likeness (QED) is 0.689. The molecule has 0 unspecified atom stereocenters. The van der Waals surface area contributed by atoms with E-state index in [1.54, 1.807) is 0 Å². The molecule has 1 nitrogen and oxygen atoms in total. The fraction of sp³-hybridized carbons (Fsp3) is 1.00. The van der Waals surface area contributed by atoms with Crippen LogP contribution in [0.15, 0.2) is 0 Å². The average Bonchev–Trinajstić information content (AvgIpc) is 2.04. The van der Waals surface area contributed by atoms with Gasteiger partial charge in [0.25, 0.3) is 5.92 Å². The molecule has 0 atom stereocenters. The van der Waals surface area contributed by atoms with Gasteiger partial charge in [0.1, 0.15) is 0 Å². The second-order valence-electron chi connectivity index (χ2n) is 3.89. The highest BCUT2D eigenvalue weighted by molar-refractivity contribution is 4.91. The molecular weight excluding hydrogens is 162 g/mol. The highest BCUT2D eigenvalue weighted by atomic mass is 19.3. The molecule has 0 radical (unpaired) electrons. The first kappa shape index (κ1) is 9.90. The van der Waals surface area contributed by atoms with E-state index in [0.29, 0.717) is 12.8 Å². The van der Waals surface area contributed by atoms with Gasteiger partial charge in [0.05, 0.1) is 12.0 Å². The maximum Gasteiger partial charge on any atom is 0.253 e. The van der Waals surface area contributed by atoms with Crippen molar-refractivity contribution in [3.05, 3.63) is 0 Å². The van der Waals surface area contributed by atoms with Crippen LogP contribution in [0, 0.1) is 5.41 Å². The van der Waals surface area contributed by atoms with Gasteiger partial charge in [-0.2, -0.15) is 0 Å². The summed E-state index contributed by atoms with van der Waals surface area (Å²) in [6.07, 6.45) is 3.60. The highest BCUT2D eigenvalue weighted by Crippen LogP contribution is 2.47. The Morgan fingerprint density at radius 3 is 2.00 bits per heavy atom. The van der Waals surface area contributed by atoms with E-state index in [1.807, 2.05) is 0 Å². The molecule has 1 fully saturated rings. The second kappa shape index (κ2) is 3.29. The van der Waals surface area contributed by atoms with Gasteiger partial charge in [-0.15, -0.1) is 0 Å². The zero-order valence-corrected chi connectivity index (χ0v) is 7.45. The number of rotatable bonds is 2. The Balaban J connectivity index is 2.73. The topological polar surface area (TPSA) is 20.2 Å². The summed E-state index contributed by atoms with van der Waals surface area (Å²) in [6, 6.07) is 0. The van der Waals surface area contributed by atoms with E-state index in [2.05, 4.69) is 0 Å². The van der Waals surface area contributed by atoms with Crippen LogP contribution >= 0.6 is 0 Å².